The van der Waals surface area contributed by atoms with E-state index in [9.17, 15) is 0 Å². The summed E-state index contributed by atoms with van der Waals surface area (Å²) < 4.78 is 3.74. The summed E-state index contributed by atoms with van der Waals surface area (Å²) in [4.78, 5) is 5.04. The van der Waals surface area contributed by atoms with E-state index in [0.29, 0.717) is 12.0 Å². The summed E-state index contributed by atoms with van der Waals surface area (Å²) in [7, 11) is 1.93. The Morgan fingerprint density at radius 3 is 2.60 bits per heavy atom. The zero-order valence-electron chi connectivity index (χ0n) is 15.2. The Labute approximate surface area is 148 Å². The lowest BCUT2D eigenvalue weighted by Gasteiger charge is -2.22. The molecular formula is C19H26N6. The smallest absolute Gasteiger partial charge is 0.165 e. The van der Waals surface area contributed by atoms with Gasteiger partial charge in [-0.25, -0.2) is 4.98 Å². The molecule has 0 aliphatic heterocycles. The van der Waals surface area contributed by atoms with Crippen LogP contribution in [-0.4, -0.2) is 30.4 Å². The van der Waals surface area contributed by atoms with E-state index < -0.39 is 0 Å². The number of anilines is 1. The van der Waals surface area contributed by atoms with E-state index in [1.54, 1.807) is 0 Å². The van der Waals surface area contributed by atoms with Gasteiger partial charge in [-0.1, -0.05) is 19.3 Å². The molecule has 3 aromatic rings. The van der Waals surface area contributed by atoms with Gasteiger partial charge in [-0.3, -0.25) is 4.68 Å². The summed E-state index contributed by atoms with van der Waals surface area (Å²) in [5.74, 6) is 1.58. The molecule has 1 aliphatic rings. The maximum atomic E-state index is 5.04. The van der Waals surface area contributed by atoms with Crippen molar-refractivity contribution in [1.82, 2.24) is 24.4 Å². The van der Waals surface area contributed by atoms with Crippen molar-refractivity contribution in [2.75, 3.05) is 5.32 Å². The Morgan fingerprint density at radius 2 is 1.92 bits per heavy atom. The molecule has 0 bridgehead atoms. The first-order chi connectivity index (χ1) is 12.1. The lowest BCUT2D eigenvalue weighted by Crippen LogP contribution is -2.16. The monoisotopic (exact) mass is 338 g/mol. The van der Waals surface area contributed by atoms with Crippen molar-refractivity contribution in [2.45, 2.75) is 57.9 Å². The fourth-order valence-corrected chi connectivity index (χ4v) is 3.75. The van der Waals surface area contributed by atoms with Crippen LogP contribution in [0.25, 0.3) is 16.8 Å². The number of nitrogens with zero attached hydrogens (tertiary/aromatic N) is 5. The van der Waals surface area contributed by atoms with Gasteiger partial charge in [0.15, 0.2) is 5.65 Å². The number of nitrogens with one attached hydrogen (secondary N) is 1. The van der Waals surface area contributed by atoms with Crippen molar-refractivity contribution in [3.05, 3.63) is 30.4 Å². The lowest BCUT2D eigenvalue weighted by molar-refractivity contribution is 0.437. The zero-order valence-corrected chi connectivity index (χ0v) is 15.2. The molecule has 4 rings (SSSR count). The van der Waals surface area contributed by atoms with Gasteiger partial charge >= 0.3 is 0 Å². The minimum atomic E-state index is 0.343. The van der Waals surface area contributed by atoms with E-state index in [1.807, 2.05) is 34.8 Å². The summed E-state index contributed by atoms with van der Waals surface area (Å²) in [6.45, 7) is 4.30. The van der Waals surface area contributed by atoms with Crippen LogP contribution in [0.15, 0.2) is 24.7 Å². The third-order valence-electron chi connectivity index (χ3n) is 4.97. The molecule has 1 N–H and O–H groups in total. The Morgan fingerprint density at radius 1 is 1.12 bits per heavy atom. The van der Waals surface area contributed by atoms with Crippen LogP contribution in [0, 0.1) is 0 Å². The first kappa shape index (κ1) is 16.1. The fourth-order valence-electron chi connectivity index (χ4n) is 3.75. The maximum absolute atomic E-state index is 5.04. The van der Waals surface area contributed by atoms with Gasteiger partial charge in [-0.2, -0.15) is 14.7 Å². The fraction of sp³-hybridized carbons (Fsp3) is 0.526. The second kappa shape index (κ2) is 6.50. The van der Waals surface area contributed by atoms with E-state index in [4.69, 9.17) is 4.98 Å². The van der Waals surface area contributed by atoms with Crippen molar-refractivity contribution in [2.24, 2.45) is 7.05 Å². The van der Waals surface area contributed by atoms with Gasteiger partial charge in [-0.05, 0) is 26.7 Å². The molecule has 6 nitrogen and oxygen atoms in total. The molecule has 0 spiro atoms. The van der Waals surface area contributed by atoms with Gasteiger partial charge in [0.1, 0.15) is 5.82 Å². The molecule has 25 heavy (non-hydrogen) atoms. The summed E-state index contributed by atoms with van der Waals surface area (Å²) in [6, 6.07) is 2.54. The van der Waals surface area contributed by atoms with Crippen LogP contribution in [0.3, 0.4) is 0 Å². The molecule has 3 aromatic heterocycles. The Balaban J connectivity index is 1.85. The summed E-state index contributed by atoms with van der Waals surface area (Å²) in [6.07, 6.45) is 12.2. The minimum absolute atomic E-state index is 0.343. The Kier molecular flexibility index (Phi) is 4.19. The number of rotatable bonds is 4. The summed E-state index contributed by atoms with van der Waals surface area (Å²) in [5.41, 5.74) is 4.21. The lowest BCUT2D eigenvalue weighted by atomic mass is 9.87. The summed E-state index contributed by atoms with van der Waals surface area (Å²) in [5, 5.41) is 12.4. The number of aryl methyl sites for hydroxylation is 1. The quantitative estimate of drug-likeness (QED) is 0.781. The molecule has 0 amide bonds. The minimum Gasteiger partial charge on any atom is -0.368 e. The number of hydrogen-bond acceptors (Lipinski definition) is 4. The molecule has 0 saturated heterocycles. The normalized spacial score (nSPS) is 16.0. The molecule has 1 aliphatic carbocycles. The molecule has 1 saturated carbocycles. The van der Waals surface area contributed by atoms with Gasteiger partial charge in [0.25, 0.3) is 0 Å². The van der Waals surface area contributed by atoms with Gasteiger partial charge in [0.2, 0.25) is 0 Å². The molecule has 132 valence electrons. The molecule has 1 fully saturated rings. The van der Waals surface area contributed by atoms with Crippen molar-refractivity contribution in [3.63, 3.8) is 0 Å². The number of fused-ring (bicyclic) bond motifs is 1. The van der Waals surface area contributed by atoms with E-state index in [2.05, 4.69) is 35.4 Å². The van der Waals surface area contributed by atoms with Gasteiger partial charge in [0, 0.05) is 48.1 Å². The van der Waals surface area contributed by atoms with E-state index in [0.717, 1.165) is 22.6 Å². The summed E-state index contributed by atoms with van der Waals surface area (Å²) >= 11 is 0. The molecule has 3 heterocycles. The highest BCUT2D eigenvalue weighted by Crippen LogP contribution is 2.34. The second-order valence-corrected chi connectivity index (χ2v) is 7.40. The first-order valence-electron chi connectivity index (χ1n) is 9.26. The molecule has 0 unspecified atom stereocenters. The van der Waals surface area contributed by atoms with Crippen molar-refractivity contribution >= 4 is 11.5 Å². The third kappa shape index (κ3) is 3.13. The predicted octanol–water partition coefficient (Wildman–Crippen LogP) is 4.00. The van der Waals surface area contributed by atoms with Crippen LogP contribution in [0.1, 0.15) is 57.6 Å². The third-order valence-corrected chi connectivity index (χ3v) is 4.97. The highest BCUT2D eigenvalue weighted by Gasteiger charge is 2.21. The number of hydrogen-bond donors (Lipinski definition) is 1. The van der Waals surface area contributed by atoms with Crippen LogP contribution in [0.5, 0.6) is 0 Å². The Hall–Kier alpha value is -2.37. The van der Waals surface area contributed by atoms with Crippen molar-refractivity contribution in [3.8, 4) is 11.1 Å². The van der Waals surface area contributed by atoms with E-state index in [1.165, 1.54) is 37.8 Å². The average Bonchev–Trinajstić information content (AvgIpc) is 3.21. The molecular weight excluding hydrogens is 312 g/mol. The van der Waals surface area contributed by atoms with Crippen molar-refractivity contribution in [1.29, 1.82) is 0 Å². The Bertz CT molecular complexity index is 869. The first-order valence-corrected chi connectivity index (χ1v) is 9.26. The van der Waals surface area contributed by atoms with E-state index in [-0.39, 0.29) is 0 Å². The van der Waals surface area contributed by atoms with Gasteiger partial charge in [0.05, 0.1) is 12.4 Å². The second-order valence-electron chi connectivity index (χ2n) is 7.40. The standard InChI is InChI=1S/C19H26N6/c1-13(2)22-18-9-17(14-7-5-4-6-8-14)23-19-16(11-21-25(18)19)15-10-20-24(3)12-15/h9-14,22H,4-8H2,1-3H3. The van der Waals surface area contributed by atoms with Crippen LogP contribution < -0.4 is 5.32 Å². The van der Waals surface area contributed by atoms with Gasteiger partial charge < -0.3 is 5.32 Å². The van der Waals surface area contributed by atoms with Crippen LogP contribution in [0.2, 0.25) is 0 Å². The van der Waals surface area contributed by atoms with Crippen LogP contribution in [0.4, 0.5) is 5.82 Å². The number of aromatic nitrogens is 5. The maximum Gasteiger partial charge on any atom is 0.165 e. The molecule has 0 atom stereocenters. The molecule has 0 radical (unpaired) electrons. The molecule has 0 aromatic carbocycles. The van der Waals surface area contributed by atoms with Crippen LogP contribution >= 0.6 is 0 Å². The van der Waals surface area contributed by atoms with Crippen LogP contribution in [-0.2, 0) is 7.05 Å². The average molecular weight is 338 g/mol. The predicted molar refractivity (Wildman–Crippen MR) is 99.8 cm³/mol. The topological polar surface area (TPSA) is 60.0 Å². The van der Waals surface area contributed by atoms with E-state index >= 15 is 0 Å². The van der Waals surface area contributed by atoms with Crippen molar-refractivity contribution < 1.29 is 0 Å². The zero-order chi connectivity index (χ0) is 17.4. The molecule has 6 heteroatoms. The highest BCUT2D eigenvalue weighted by atomic mass is 15.3. The highest BCUT2D eigenvalue weighted by molar-refractivity contribution is 5.77. The van der Waals surface area contributed by atoms with Gasteiger partial charge in [-0.15, -0.1) is 0 Å². The largest absolute Gasteiger partial charge is 0.368 e. The SMILES string of the molecule is CC(C)Nc1cc(C2CCCCC2)nc2c(-c3cnn(C)c3)cnn12.